The number of amides is 1. The van der Waals surface area contributed by atoms with E-state index in [2.05, 4.69) is 11.6 Å². The van der Waals surface area contributed by atoms with E-state index in [4.69, 9.17) is 17.0 Å². The number of rotatable bonds is 5. The van der Waals surface area contributed by atoms with E-state index in [1.54, 1.807) is 24.3 Å². The van der Waals surface area contributed by atoms with Crippen LogP contribution in [0, 0.1) is 3.95 Å². The molecular weight excluding hydrogens is 332 g/mol. The second-order valence-corrected chi connectivity index (χ2v) is 6.47. The van der Waals surface area contributed by atoms with Gasteiger partial charge in [-0.25, -0.2) is 4.99 Å². The Balaban J connectivity index is 2.28. The summed E-state index contributed by atoms with van der Waals surface area (Å²) in [6.07, 6.45) is 1.64. The van der Waals surface area contributed by atoms with Crippen LogP contribution < -0.4 is 15.3 Å². The lowest BCUT2D eigenvalue weighted by Crippen LogP contribution is -2.23. The maximum absolute atomic E-state index is 12.3. The van der Waals surface area contributed by atoms with Gasteiger partial charge in [0.1, 0.15) is 10.6 Å². The number of carbonyl (C=O) groups excluding carboxylic acids is 1. The molecule has 2 heterocycles. The smallest absolute Gasteiger partial charge is 0.279 e. The Kier molecular flexibility index (Phi) is 4.14. The topological polar surface area (TPSA) is 63.8 Å². The highest BCUT2D eigenvalue weighted by atomic mass is 32.1. The van der Waals surface area contributed by atoms with E-state index in [1.165, 1.54) is 15.9 Å². The molecule has 0 unspecified atom stereocenters. The lowest BCUT2D eigenvalue weighted by atomic mass is 10.1. The number of nitrogens with zero attached hydrogens (tertiary/aromatic N) is 2. The molecule has 0 fully saturated rings. The number of hydrogen-bond acceptors (Lipinski definition) is 5. The van der Waals surface area contributed by atoms with Gasteiger partial charge in [0.25, 0.3) is 5.91 Å². The molecule has 7 heteroatoms. The van der Waals surface area contributed by atoms with Crippen molar-refractivity contribution >= 4 is 35.0 Å². The summed E-state index contributed by atoms with van der Waals surface area (Å²) in [5.41, 5.74) is 0.359. The van der Waals surface area contributed by atoms with Gasteiger partial charge in [0.2, 0.25) is 5.88 Å². The van der Waals surface area contributed by atoms with E-state index in [1.807, 2.05) is 6.92 Å². The number of carbonyl (C=O) groups is 1. The maximum atomic E-state index is 12.3. The van der Waals surface area contributed by atoms with Crippen molar-refractivity contribution in [2.24, 2.45) is 4.99 Å². The molecule has 0 saturated heterocycles. The largest absolute Gasteiger partial charge is 0.494 e. The van der Waals surface area contributed by atoms with Crippen LogP contribution in [0.15, 0.2) is 35.8 Å². The van der Waals surface area contributed by atoms with Crippen LogP contribution in [0.3, 0.4) is 0 Å². The van der Waals surface area contributed by atoms with Gasteiger partial charge in [0.15, 0.2) is 3.95 Å². The first-order valence-corrected chi connectivity index (χ1v) is 8.23. The summed E-state index contributed by atoms with van der Waals surface area (Å²) in [4.78, 5) is 16.8. The molecule has 5 nitrogen and oxygen atoms in total. The predicted molar refractivity (Wildman–Crippen MR) is 90.9 cm³/mol. The van der Waals surface area contributed by atoms with Crippen molar-refractivity contribution < 1.29 is 14.6 Å². The third-order valence-electron chi connectivity index (χ3n) is 3.39. The molecule has 3 rings (SSSR count). The molecule has 0 aliphatic carbocycles. The van der Waals surface area contributed by atoms with E-state index >= 15 is 0 Å². The number of aromatic nitrogens is 1. The number of hydrogen-bond donors (Lipinski definition) is 1. The van der Waals surface area contributed by atoms with Gasteiger partial charge >= 0.3 is 0 Å². The Morgan fingerprint density at radius 2 is 2.30 bits per heavy atom. The van der Waals surface area contributed by atoms with Crippen LogP contribution in [0.5, 0.6) is 11.6 Å². The van der Waals surface area contributed by atoms with Crippen molar-refractivity contribution in [3.05, 3.63) is 50.3 Å². The number of thiazole rings is 1. The molecule has 0 spiro atoms. The zero-order valence-corrected chi connectivity index (χ0v) is 14.0. The zero-order chi connectivity index (χ0) is 16.6. The highest BCUT2D eigenvalue weighted by Gasteiger charge is 2.25. The van der Waals surface area contributed by atoms with Crippen molar-refractivity contribution in [2.75, 3.05) is 6.61 Å². The van der Waals surface area contributed by atoms with Crippen molar-refractivity contribution in [2.45, 2.75) is 13.5 Å². The number of benzene rings is 1. The van der Waals surface area contributed by atoms with Gasteiger partial charge in [0, 0.05) is 11.8 Å². The molecule has 23 heavy (non-hydrogen) atoms. The highest BCUT2D eigenvalue weighted by Crippen LogP contribution is 2.32. The third kappa shape index (κ3) is 2.62. The molecule has 0 radical (unpaired) electrons. The van der Waals surface area contributed by atoms with Gasteiger partial charge in [-0.3, -0.25) is 9.36 Å². The Bertz CT molecular complexity index is 986. The molecule has 1 aliphatic heterocycles. The van der Waals surface area contributed by atoms with Crippen molar-refractivity contribution in [1.82, 2.24) is 4.57 Å². The average Bonchev–Trinajstić information content (AvgIpc) is 2.98. The quantitative estimate of drug-likeness (QED) is 0.664. The lowest BCUT2D eigenvalue weighted by Gasteiger charge is -2.03. The first-order chi connectivity index (χ1) is 11.1. The Morgan fingerprint density at radius 1 is 1.52 bits per heavy atom. The summed E-state index contributed by atoms with van der Waals surface area (Å²) in [6, 6.07) is 5.28. The minimum Gasteiger partial charge on any atom is -0.494 e. The lowest BCUT2D eigenvalue weighted by molar-refractivity contribution is -0.112. The molecule has 1 aromatic carbocycles. The fourth-order valence-corrected chi connectivity index (χ4v) is 3.78. The van der Waals surface area contributed by atoms with Crippen LogP contribution in [0.4, 0.5) is 0 Å². The molecule has 118 valence electrons. The summed E-state index contributed by atoms with van der Waals surface area (Å²) in [5, 5.41) is 11.7. The van der Waals surface area contributed by atoms with Gasteiger partial charge in [-0.15, -0.1) is 17.9 Å². The normalized spacial score (nSPS) is 12.9. The minimum absolute atomic E-state index is 0.0342. The fourth-order valence-electron chi connectivity index (χ4n) is 2.42. The number of ether oxygens (including phenoxy) is 1. The second-order valence-electron chi connectivity index (χ2n) is 4.82. The minimum atomic E-state index is -0.383. The summed E-state index contributed by atoms with van der Waals surface area (Å²) >= 11 is 6.45. The average molecular weight is 346 g/mol. The van der Waals surface area contributed by atoms with E-state index < -0.39 is 0 Å². The van der Waals surface area contributed by atoms with Gasteiger partial charge in [-0.05, 0) is 37.3 Å². The predicted octanol–water partition coefficient (Wildman–Crippen LogP) is 1.93. The molecule has 0 saturated carbocycles. The molecule has 1 amide bonds. The highest BCUT2D eigenvalue weighted by molar-refractivity contribution is 7.73. The van der Waals surface area contributed by atoms with Crippen LogP contribution >= 0.6 is 23.6 Å². The van der Waals surface area contributed by atoms with Crippen LogP contribution in [0.2, 0.25) is 0 Å². The van der Waals surface area contributed by atoms with Gasteiger partial charge in [-0.1, -0.05) is 6.08 Å². The Morgan fingerprint density at radius 3 is 3.00 bits per heavy atom. The summed E-state index contributed by atoms with van der Waals surface area (Å²) < 4.78 is 7.50. The molecule has 0 atom stereocenters. The summed E-state index contributed by atoms with van der Waals surface area (Å²) in [7, 11) is 0. The van der Waals surface area contributed by atoms with Crippen LogP contribution in [-0.2, 0) is 11.3 Å². The fraction of sp³-hybridized carbons (Fsp3) is 0.188. The first-order valence-electron chi connectivity index (χ1n) is 7.01. The van der Waals surface area contributed by atoms with E-state index in [-0.39, 0.29) is 11.8 Å². The third-order valence-corrected chi connectivity index (χ3v) is 4.85. The number of fused-ring (bicyclic) bond motifs is 1. The number of aromatic hydroxyl groups is 1. The maximum Gasteiger partial charge on any atom is 0.279 e. The standard InChI is InChI=1S/C16H14N2O3S2/c1-3-7-18-15(20)13(23-16(18)22)12-10-8-9(21-4-2)5-6-11(10)17-14(12)19/h3,5-6,8,20H,1,4,7H2,2H3. The first kappa shape index (κ1) is 15.6. The Labute approximate surface area is 141 Å². The molecular formula is C16H14N2O3S2. The van der Waals surface area contributed by atoms with E-state index in [0.717, 1.165) is 0 Å². The van der Waals surface area contributed by atoms with Gasteiger partial charge < -0.3 is 9.84 Å². The zero-order valence-electron chi connectivity index (χ0n) is 12.4. The summed E-state index contributed by atoms with van der Waals surface area (Å²) in [6.45, 7) is 6.44. The van der Waals surface area contributed by atoms with Crippen LogP contribution in [0.1, 0.15) is 11.8 Å². The molecule has 0 bridgehead atoms. The van der Waals surface area contributed by atoms with E-state index in [0.29, 0.717) is 43.9 Å². The second kappa shape index (κ2) is 6.10. The van der Waals surface area contributed by atoms with E-state index in [9.17, 15) is 9.90 Å². The molecule has 1 N–H and O–H groups in total. The van der Waals surface area contributed by atoms with Crippen molar-refractivity contribution in [1.29, 1.82) is 0 Å². The monoisotopic (exact) mass is 346 g/mol. The SMILES string of the molecule is C=CCn1c(O)c(C2=c3cc(OCC)ccc3=NC2=O)sc1=S. The molecule has 2 aromatic rings. The van der Waals surface area contributed by atoms with Crippen LogP contribution in [-0.4, -0.2) is 22.2 Å². The molecule has 1 aromatic heterocycles. The van der Waals surface area contributed by atoms with Gasteiger partial charge in [-0.2, -0.15) is 0 Å². The van der Waals surface area contributed by atoms with Gasteiger partial charge in [0.05, 0.1) is 17.5 Å². The van der Waals surface area contributed by atoms with Crippen LogP contribution in [0.25, 0.3) is 5.57 Å². The molecule has 1 aliphatic rings. The number of allylic oxidation sites excluding steroid dienone is 1. The van der Waals surface area contributed by atoms with Crippen molar-refractivity contribution in [3.8, 4) is 11.6 Å². The summed E-state index contributed by atoms with van der Waals surface area (Å²) in [5.74, 6) is 0.237. The van der Waals surface area contributed by atoms with Crippen molar-refractivity contribution in [3.63, 3.8) is 0 Å². The Hall–Kier alpha value is -2.25.